The summed E-state index contributed by atoms with van der Waals surface area (Å²) < 4.78 is 5.40. The lowest BCUT2D eigenvalue weighted by atomic mass is 10.1. The maximum atomic E-state index is 12.4. The number of hydrogen-bond acceptors (Lipinski definition) is 5. The fourth-order valence-electron chi connectivity index (χ4n) is 2.54. The Bertz CT molecular complexity index is 570. The van der Waals surface area contributed by atoms with Crippen LogP contribution in [-0.2, 0) is 9.59 Å². The standard InChI is InChI=1S/C17H26N4O3.2ClH/c1-20(2)8-9-21-12-13(11-16(21)22)17(23)19-14-3-5-15(6-4-14)24-10-7-18;;/h3-6,13H,7-12,18H2,1-2H3,(H,19,23);2*1H. The van der Waals surface area contributed by atoms with Crippen LogP contribution in [-0.4, -0.2) is 68.5 Å². The third kappa shape index (κ3) is 7.37. The van der Waals surface area contributed by atoms with Gasteiger partial charge >= 0.3 is 0 Å². The number of halogens is 2. The van der Waals surface area contributed by atoms with Crippen LogP contribution in [0.1, 0.15) is 6.42 Å². The molecule has 0 radical (unpaired) electrons. The largest absolute Gasteiger partial charge is 0.492 e. The van der Waals surface area contributed by atoms with E-state index >= 15 is 0 Å². The van der Waals surface area contributed by atoms with E-state index in [0.717, 1.165) is 6.54 Å². The van der Waals surface area contributed by atoms with Crippen LogP contribution in [0.4, 0.5) is 5.69 Å². The summed E-state index contributed by atoms with van der Waals surface area (Å²) in [6, 6.07) is 7.14. The van der Waals surface area contributed by atoms with E-state index in [0.29, 0.717) is 37.7 Å². The molecule has 2 amide bonds. The molecule has 1 saturated heterocycles. The molecule has 1 heterocycles. The fraction of sp³-hybridized carbons (Fsp3) is 0.529. The predicted molar refractivity (Wildman–Crippen MR) is 107 cm³/mol. The third-order valence-corrected chi connectivity index (χ3v) is 3.91. The van der Waals surface area contributed by atoms with Crippen molar-refractivity contribution in [3.8, 4) is 5.75 Å². The molecule has 0 saturated carbocycles. The second-order valence-electron chi connectivity index (χ2n) is 6.19. The molecule has 3 N–H and O–H groups in total. The highest BCUT2D eigenvalue weighted by Gasteiger charge is 2.34. The Hall–Kier alpha value is -1.54. The van der Waals surface area contributed by atoms with Crippen LogP contribution in [0.25, 0.3) is 0 Å². The smallest absolute Gasteiger partial charge is 0.229 e. The topological polar surface area (TPSA) is 87.9 Å². The number of benzene rings is 1. The van der Waals surface area contributed by atoms with E-state index in [1.165, 1.54) is 0 Å². The number of anilines is 1. The second-order valence-corrected chi connectivity index (χ2v) is 6.19. The maximum Gasteiger partial charge on any atom is 0.229 e. The molecule has 0 spiro atoms. The van der Waals surface area contributed by atoms with E-state index in [-0.39, 0.29) is 49.0 Å². The molecular weight excluding hydrogens is 379 g/mol. The zero-order valence-corrected chi connectivity index (χ0v) is 16.8. The van der Waals surface area contributed by atoms with Crippen molar-refractivity contribution in [3.63, 3.8) is 0 Å². The van der Waals surface area contributed by atoms with Gasteiger partial charge in [-0.2, -0.15) is 0 Å². The predicted octanol–water partition coefficient (Wildman–Crippen LogP) is 1.22. The lowest BCUT2D eigenvalue weighted by Crippen LogP contribution is -2.33. The van der Waals surface area contributed by atoms with Gasteiger partial charge in [0, 0.05) is 38.3 Å². The molecule has 0 bridgehead atoms. The molecule has 2 rings (SSSR count). The van der Waals surface area contributed by atoms with Gasteiger partial charge in [0.2, 0.25) is 11.8 Å². The van der Waals surface area contributed by atoms with Gasteiger partial charge in [-0.15, -0.1) is 24.8 Å². The summed E-state index contributed by atoms with van der Waals surface area (Å²) in [5.74, 6) is 0.339. The molecule has 1 unspecified atom stereocenters. The minimum absolute atomic E-state index is 0. The number of amides is 2. The normalized spacial score (nSPS) is 16.1. The van der Waals surface area contributed by atoms with E-state index in [1.54, 1.807) is 29.2 Å². The highest BCUT2D eigenvalue weighted by atomic mass is 35.5. The lowest BCUT2D eigenvalue weighted by Gasteiger charge is -2.19. The van der Waals surface area contributed by atoms with Gasteiger partial charge in [-0.1, -0.05) is 0 Å². The first-order chi connectivity index (χ1) is 11.5. The van der Waals surface area contributed by atoms with Crippen LogP contribution in [0.2, 0.25) is 0 Å². The molecule has 26 heavy (non-hydrogen) atoms. The minimum atomic E-state index is -0.298. The molecular formula is C17H28Cl2N4O3. The summed E-state index contributed by atoms with van der Waals surface area (Å²) in [7, 11) is 3.93. The van der Waals surface area contributed by atoms with Crippen molar-refractivity contribution in [1.82, 2.24) is 9.80 Å². The molecule has 1 aromatic rings. The van der Waals surface area contributed by atoms with Crippen LogP contribution in [0.5, 0.6) is 5.75 Å². The molecule has 148 valence electrons. The Morgan fingerprint density at radius 1 is 1.31 bits per heavy atom. The van der Waals surface area contributed by atoms with Gasteiger partial charge in [0.25, 0.3) is 0 Å². The zero-order chi connectivity index (χ0) is 17.5. The third-order valence-electron chi connectivity index (χ3n) is 3.91. The molecule has 0 aromatic heterocycles. The summed E-state index contributed by atoms with van der Waals surface area (Å²) in [5.41, 5.74) is 6.08. The van der Waals surface area contributed by atoms with Crippen LogP contribution < -0.4 is 15.8 Å². The maximum absolute atomic E-state index is 12.4. The fourth-order valence-corrected chi connectivity index (χ4v) is 2.54. The van der Waals surface area contributed by atoms with E-state index in [4.69, 9.17) is 10.5 Å². The first kappa shape index (κ1) is 24.5. The van der Waals surface area contributed by atoms with Gasteiger partial charge in [-0.3, -0.25) is 9.59 Å². The molecule has 0 aliphatic carbocycles. The number of nitrogens with zero attached hydrogens (tertiary/aromatic N) is 2. The number of nitrogens with two attached hydrogens (primary N) is 1. The van der Waals surface area contributed by atoms with Crippen molar-refractivity contribution in [2.45, 2.75) is 6.42 Å². The summed E-state index contributed by atoms with van der Waals surface area (Å²) >= 11 is 0. The van der Waals surface area contributed by atoms with Crippen molar-refractivity contribution in [2.75, 3.05) is 52.2 Å². The van der Waals surface area contributed by atoms with Crippen LogP contribution in [0.15, 0.2) is 24.3 Å². The average Bonchev–Trinajstić information content (AvgIpc) is 2.93. The van der Waals surface area contributed by atoms with Crippen molar-refractivity contribution in [3.05, 3.63) is 24.3 Å². The quantitative estimate of drug-likeness (QED) is 0.677. The Balaban J connectivity index is 0.00000312. The number of nitrogens with one attached hydrogen (secondary N) is 1. The van der Waals surface area contributed by atoms with Gasteiger partial charge in [-0.05, 0) is 38.4 Å². The van der Waals surface area contributed by atoms with Crippen LogP contribution in [0, 0.1) is 5.92 Å². The van der Waals surface area contributed by atoms with Crippen molar-refractivity contribution in [2.24, 2.45) is 11.7 Å². The van der Waals surface area contributed by atoms with Gasteiger partial charge in [-0.25, -0.2) is 0 Å². The van der Waals surface area contributed by atoms with Gasteiger partial charge in [0.15, 0.2) is 0 Å². The zero-order valence-electron chi connectivity index (χ0n) is 15.1. The van der Waals surface area contributed by atoms with E-state index in [1.807, 2.05) is 19.0 Å². The van der Waals surface area contributed by atoms with E-state index in [9.17, 15) is 9.59 Å². The molecule has 1 aliphatic rings. The number of likely N-dealkylation sites (N-methyl/N-ethyl adjacent to an activating group) is 1. The van der Waals surface area contributed by atoms with Crippen molar-refractivity contribution in [1.29, 1.82) is 0 Å². The summed E-state index contributed by atoms with van der Waals surface area (Å²) in [4.78, 5) is 28.1. The number of likely N-dealkylation sites (tertiary alicyclic amines) is 1. The molecule has 9 heteroatoms. The van der Waals surface area contributed by atoms with Gasteiger partial charge < -0.3 is 25.6 Å². The number of carbonyl (C=O) groups is 2. The Labute approximate surface area is 167 Å². The first-order valence-corrected chi connectivity index (χ1v) is 8.16. The molecule has 1 aliphatic heterocycles. The van der Waals surface area contributed by atoms with Crippen LogP contribution in [0.3, 0.4) is 0 Å². The first-order valence-electron chi connectivity index (χ1n) is 8.16. The van der Waals surface area contributed by atoms with Crippen LogP contribution >= 0.6 is 24.8 Å². The average molecular weight is 407 g/mol. The number of rotatable bonds is 8. The second kappa shape index (κ2) is 12.0. The van der Waals surface area contributed by atoms with Crippen molar-refractivity contribution >= 4 is 42.3 Å². The molecule has 1 aromatic carbocycles. The Kier molecular flexibility index (Phi) is 11.2. The SMILES string of the molecule is CN(C)CCN1CC(C(=O)Nc2ccc(OCCN)cc2)CC1=O.Cl.Cl. The summed E-state index contributed by atoms with van der Waals surface area (Å²) in [6.07, 6.45) is 0.275. The molecule has 1 fully saturated rings. The monoisotopic (exact) mass is 406 g/mol. The number of carbonyl (C=O) groups excluding carboxylic acids is 2. The van der Waals surface area contributed by atoms with Crippen molar-refractivity contribution < 1.29 is 14.3 Å². The highest BCUT2D eigenvalue weighted by molar-refractivity contribution is 5.97. The Morgan fingerprint density at radius 3 is 2.54 bits per heavy atom. The minimum Gasteiger partial charge on any atom is -0.492 e. The highest BCUT2D eigenvalue weighted by Crippen LogP contribution is 2.21. The summed E-state index contributed by atoms with van der Waals surface area (Å²) in [5, 5.41) is 2.86. The molecule has 1 atom stereocenters. The number of hydrogen-bond donors (Lipinski definition) is 2. The van der Waals surface area contributed by atoms with E-state index < -0.39 is 0 Å². The molecule has 7 nitrogen and oxygen atoms in total. The summed E-state index contributed by atoms with van der Waals surface area (Å²) in [6.45, 7) is 2.85. The van der Waals surface area contributed by atoms with Gasteiger partial charge in [0.1, 0.15) is 12.4 Å². The van der Waals surface area contributed by atoms with E-state index in [2.05, 4.69) is 5.32 Å². The van der Waals surface area contributed by atoms with Gasteiger partial charge in [0.05, 0.1) is 5.92 Å². The number of ether oxygens (including phenoxy) is 1. The lowest BCUT2D eigenvalue weighted by molar-refractivity contribution is -0.128. The Morgan fingerprint density at radius 2 is 1.96 bits per heavy atom.